The molecule has 9 heteroatoms. The molecule has 0 fully saturated rings. The van der Waals surface area contributed by atoms with Crippen molar-refractivity contribution >= 4 is 23.7 Å². The monoisotopic (exact) mass is 316 g/mol. The van der Waals surface area contributed by atoms with Crippen LogP contribution >= 0.6 is 0 Å². The third kappa shape index (κ3) is 4.49. The van der Waals surface area contributed by atoms with Gasteiger partial charge >= 0.3 is 11.8 Å². The number of para-hydroxylation sites is 1. The van der Waals surface area contributed by atoms with Gasteiger partial charge in [0.2, 0.25) is 0 Å². The predicted octanol–water partition coefficient (Wildman–Crippen LogP) is 0.954. The molecule has 0 aliphatic rings. The Kier molecular flexibility index (Phi) is 5.18. The molecule has 2 aromatic rings. The molecule has 0 atom stereocenters. The summed E-state index contributed by atoms with van der Waals surface area (Å²) in [4.78, 5) is 33.3. The lowest BCUT2D eigenvalue weighted by Crippen LogP contribution is -2.37. The molecule has 0 spiro atoms. The summed E-state index contributed by atoms with van der Waals surface area (Å²) in [5, 5.41) is 16.7. The maximum atomic E-state index is 11.5. The Bertz CT molecular complexity index is 739. The summed E-state index contributed by atoms with van der Waals surface area (Å²) in [6.07, 6.45) is 2.54. The number of hydrazone groups is 1. The number of nitro groups is 1. The quantitative estimate of drug-likeness (QED) is 0.367. The molecular formula is C14H12N4O5. The average Bonchev–Trinajstić information content (AvgIpc) is 3.06. The van der Waals surface area contributed by atoms with Gasteiger partial charge in [0.15, 0.2) is 0 Å². The topological polar surface area (TPSA) is 127 Å². The number of benzene rings is 1. The number of nitrogens with zero attached hydrogens (tertiary/aromatic N) is 2. The number of hydrogen-bond acceptors (Lipinski definition) is 6. The van der Waals surface area contributed by atoms with Crippen LogP contribution in [-0.2, 0) is 16.1 Å². The lowest BCUT2D eigenvalue weighted by atomic mass is 10.2. The van der Waals surface area contributed by atoms with Crippen molar-refractivity contribution in [1.29, 1.82) is 0 Å². The third-order valence-electron chi connectivity index (χ3n) is 2.71. The Morgan fingerprint density at radius 3 is 2.70 bits per heavy atom. The molecule has 0 unspecified atom stereocenters. The molecule has 0 aliphatic carbocycles. The minimum absolute atomic E-state index is 0.0626. The van der Waals surface area contributed by atoms with Crippen LogP contribution in [0.2, 0.25) is 0 Å². The van der Waals surface area contributed by atoms with E-state index in [4.69, 9.17) is 4.42 Å². The van der Waals surface area contributed by atoms with Crippen molar-refractivity contribution in [3.05, 3.63) is 64.1 Å². The lowest BCUT2D eigenvalue weighted by molar-refractivity contribution is -0.385. The van der Waals surface area contributed by atoms with Gasteiger partial charge in [0.1, 0.15) is 5.76 Å². The Labute approximate surface area is 130 Å². The number of carbonyl (C=O) groups is 2. The summed E-state index contributed by atoms with van der Waals surface area (Å²) in [6.45, 7) is 0.0626. The van der Waals surface area contributed by atoms with E-state index in [1.807, 2.05) is 5.43 Å². The largest absolute Gasteiger partial charge is 0.467 e. The second-order valence-corrected chi connectivity index (χ2v) is 4.28. The first kappa shape index (κ1) is 15.9. The highest BCUT2D eigenvalue weighted by Gasteiger charge is 2.13. The molecule has 9 nitrogen and oxygen atoms in total. The number of carbonyl (C=O) groups excluding carboxylic acids is 2. The van der Waals surface area contributed by atoms with E-state index in [1.165, 1.54) is 24.5 Å². The molecule has 1 aromatic carbocycles. The van der Waals surface area contributed by atoms with Crippen molar-refractivity contribution < 1.29 is 18.9 Å². The first-order valence-corrected chi connectivity index (χ1v) is 6.45. The maximum Gasteiger partial charge on any atom is 0.329 e. The average molecular weight is 316 g/mol. The van der Waals surface area contributed by atoms with E-state index in [1.54, 1.807) is 18.2 Å². The number of rotatable bonds is 5. The van der Waals surface area contributed by atoms with Crippen LogP contribution < -0.4 is 10.7 Å². The second-order valence-electron chi connectivity index (χ2n) is 4.28. The summed E-state index contributed by atoms with van der Waals surface area (Å²) >= 11 is 0. The molecule has 2 amide bonds. The van der Waals surface area contributed by atoms with Crippen molar-refractivity contribution in [3.8, 4) is 0 Å². The number of amides is 2. The van der Waals surface area contributed by atoms with Crippen molar-refractivity contribution in [2.75, 3.05) is 0 Å². The molecule has 2 rings (SSSR count). The number of hydrogen-bond donors (Lipinski definition) is 2. The first-order valence-electron chi connectivity index (χ1n) is 6.45. The van der Waals surface area contributed by atoms with Gasteiger partial charge < -0.3 is 9.73 Å². The van der Waals surface area contributed by atoms with E-state index in [-0.39, 0.29) is 17.8 Å². The smallest absolute Gasteiger partial charge is 0.329 e. The zero-order valence-electron chi connectivity index (χ0n) is 11.8. The Balaban J connectivity index is 1.88. The first-order chi connectivity index (χ1) is 11.1. The maximum absolute atomic E-state index is 11.5. The molecule has 0 radical (unpaired) electrons. The van der Waals surface area contributed by atoms with Crippen molar-refractivity contribution in [1.82, 2.24) is 10.7 Å². The normalized spacial score (nSPS) is 10.4. The van der Waals surface area contributed by atoms with E-state index in [0.29, 0.717) is 5.76 Å². The van der Waals surface area contributed by atoms with E-state index >= 15 is 0 Å². The van der Waals surface area contributed by atoms with Gasteiger partial charge in [-0.2, -0.15) is 5.10 Å². The second kappa shape index (κ2) is 7.50. The summed E-state index contributed by atoms with van der Waals surface area (Å²) in [7, 11) is 0. The molecule has 0 aliphatic heterocycles. The van der Waals surface area contributed by atoms with E-state index < -0.39 is 16.7 Å². The summed E-state index contributed by atoms with van der Waals surface area (Å²) in [5.74, 6) is -1.40. The van der Waals surface area contributed by atoms with Crippen LogP contribution in [0.4, 0.5) is 5.69 Å². The molecule has 0 saturated carbocycles. The van der Waals surface area contributed by atoms with Crippen molar-refractivity contribution in [3.63, 3.8) is 0 Å². The van der Waals surface area contributed by atoms with E-state index in [2.05, 4.69) is 10.4 Å². The highest BCUT2D eigenvalue weighted by atomic mass is 16.6. The minimum atomic E-state index is -0.994. The van der Waals surface area contributed by atoms with Gasteiger partial charge in [-0.05, 0) is 18.2 Å². The molecule has 118 valence electrons. The van der Waals surface area contributed by atoms with Crippen LogP contribution in [-0.4, -0.2) is 23.0 Å². The Morgan fingerprint density at radius 2 is 2.00 bits per heavy atom. The molecule has 0 saturated heterocycles. The molecule has 23 heavy (non-hydrogen) atoms. The zero-order valence-corrected chi connectivity index (χ0v) is 11.8. The predicted molar refractivity (Wildman–Crippen MR) is 79.4 cm³/mol. The number of nitro benzene ring substituents is 1. The molecule has 0 bridgehead atoms. The number of nitrogens with one attached hydrogen (secondary N) is 2. The van der Waals surface area contributed by atoms with Gasteiger partial charge in [0.25, 0.3) is 5.69 Å². The van der Waals surface area contributed by atoms with Crippen LogP contribution in [0.1, 0.15) is 11.3 Å². The fourth-order valence-corrected chi connectivity index (χ4v) is 1.64. The van der Waals surface area contributed by atoms with Crippen LogP contribution in [0.5, 0.6) is 0 Å². The Hall–Kier alpha value is -3.49. The van der Waals surface area contributed by atoms with Gasteiger partial charge in [-0.3, -0.25) is 19.7 Å². The van der Waals surface area contributed by atoms with Crippen LogP contribution in [0.3, 0.4) is 0 Å². The Morgan fingerprint density at radius 1 is 1.22 bits per heavy atom. The van der Waals surface area contributed by atoms with Gasteiger partial charge in [-0.15, -0.1) is 0 Å². The van der Waals surface area contributed by atoms with Crippen LogP contribution in [0.15, 0.2) is 52.2 Å². The molecule has 1 aromatic heterocycles. The summed E-state index contributed by atoms with van der Waals surface area (Å²) in [5.41, 5.74) is 2.04. The van der Waals surface area contributed by atoms with Gasteiger partial charge in [-0.1, -0.05) is 12.1 Å². The van der Waals surface area contributed by atoms with Crippen molar-refractivity contribution in [2.45, 2.75) is 6.54 Å². The minimum Gasteiger partial charge on any atom is -0.467 e. The van der Waals surface area contributed by atoms with Crippen LogP contribution in [0.25, 0.3) is 0 Å². The van der Waals surface area contributed by atoms with E-state index in [9.17, 15) is 19.7 Å². The van der Waals surface area contributed by atoms with Gasteiger partial charge in [0, 0.05) is 6.07 Å². The third-order valence-corrected chi connectivity index (χ3v) is 2.71. The summed E-state index contributed by atoms with van der Waals surface area (Å²) < 4.78 is 5.00. The summed E-state index contributed by atoms with van der Waals surface area (Å²) in [6, 6.07) is 9.16. The molecular weight excluding hydrogens is 304 g/mol. The van der Waals surface area contributed by atoms with Crippen LogP contribution in [0, 0.1) is 10.1 Å². The molecule has 1 heterocycles. The molecule has 2 N–H and O–H groups in total. The van der Waals surface area contributed by atoms with E-state index in [0.717, 1.165) is 6.21 Å². The van der Waals surface area contributed by atoms with Gasteiger partial charge in [0.05, 0.1) is 29.5 Å². The highest BCUT2D eigenvalue weighted by Crippen LogP contribution is 2.14. The zero-order chi connectivity index (χ0) is 16.7. The van der Waals surface area contributed by atoms with Crippen molar-refractivity contribution in [2.24, 2.45) is 5.10 Å². The fraction of sp³-hybridized carbons (Fsp3) is 0.0714. The van der Waals surface area contributed by atoms with Gasteiger partial charge in [-0.25, -0.2) is 5.43 Å². The lowest BCUT2D eigenvalue weighted by Gasteiger charge is -2.01. The number of furan rings is 1. The SMILES string of the molecule is O=C(NCc1ccco1)C(=O)N/N=C/c1ccccc1[N+](=O)[O-]. The fourth-order valence-electron chi connectivity index (χ4n) is 1.64. The highest BCUT2D eigenvalue weighted by molar-refractivity contribution is 6.35. The standard InChI is InChI=1S/C14H12N4O5/c19-13(15-9-11-5-3-7-23-11)14(20)17-16-8-10-4-1-2-6-12(10)18(21)22/h1-8H,9H2,(H,15,19)(H,17,20)/b16-8+.